The number of hydrogen-bond acceptors (Lipinski definition) is 9. The van der Waals surface area contributed by atoms with E-state index in [-0.39, 0.29) is 30.1 Å². The summed E-state index contributed by atoms with van der Waals surface area (Å²) >= 11 is 0. The van der Waals surface area contributed by atoms with Crippen LogP contribution in [0.3, 0.4) is 0 Å². The van der Waals surface area contributed by atoms with Crippen molar-refractivity contribution in [2.24, 2.45) is 0 Å². The Labute approximate surface area is 347 Å². The zero-order chi connectivity index (χ0) is 41.8. The molecular weight excluding hydrogens is 743 g/mol. The van der Waals surface area contributed by atoms with Crippen LogP contribution >= 0.6 is 0 Å². The van der Waals surface area contributed by atoms with Gasteiger partial charge in [0.1, 0.15) is 0 Å². The van der Waals surface area contributed by atoms with Gasteiger partial charge in [0.15, 0.2) is 6.29 Å². The molecule has 308 valence electrons. The standard InChI is InChI=1S/C24H28N4O2.C23H27N3O3/c1-15-6-5-7-21-23(15)20(24(30)26-21)13-25-18-8-9-22(16(2)12-18)28-11-10-19(14-28)27(4)17(3)29;1-15-5-4-6-19-22(15)18(23(27)25-19)14-24-17-7-8-20(16(2)13-17)26(3)10-9-21-28-11-12-29-21/h5-9,12-13,19,25H,10-11,14H2,1-4H3,(H,26,30);4-8,13-14,21,24H,9-12H2,1-3H3,(H,25,27)/b20-13-;18-14+. The van der Waals surface area contributed by atoms with Crippen LogP contribution < -0.4 is 31.1 Å². The Morgan fingerprint density at radius 1 is 0.780 bits per heavy atom. The first-order chi connectivity index (χ1) is 28.4. The lowest BCUT2D eigenvalue weighted by Gasteiger charge is -2.25. The van der Waals surface area contributed by atoms with Crippen molar-refractivity contribution >= 4 is 63.0 Å². The van der Waals surface area contributed by atoms with Crippen LogP contribution in [0.25, 0.3) is 11.1 Å². The zero-order valence-electron chi connectivity index (χ0n) is 35.1. The van der Waals surface area contributed by atoms with Crippen molar-refractivity contribution in [3.63, 3.8) is 0 Å². The summed E-state index contributed by atoms with van der Waals surface area (Å²) in [5.41, 5.74) is 13.7. The summed E-state index contributed by atoms with van der Waals surface area (Å²) in [6.07, 6.45) is 5.32. The molecule has 3 amide bonds. The number of rotatable bonds is 10. The fourth-order valence-electron chi connectivity index (χ4n) is 8.25. The monoisotopic (exact) mass is 797 g/mol. The largest absolute Gasteiger partial charge is 0.374 e. The molecule has 0 bridgehead atoms. The van der Waals surface area contributed by atoms with Crippen molar-refractivity contribution in [3.8, 4) is 0 Å². The van der Waals surface area contributed by atoms with Crippen molar-refractivity contribution < 1.29 is 23.9 Å². The summed E-state index contributed by atoms with van der Waals surface area (Å²) in [6, 6.07) is 24.5. The fraction of sp³-hybridized carbons (Fsp3) is 0.340. The van der Waals surface area contributed by atoms with Crippen molar-refractivity contribution in [2.75, 3.05) is 78.0 Å². The molecule has 4 aliphatic heterocycles. The predicted molar refractivity (Wildman–Crippen MR) is 238 cm³/mol. The lowest BCUT2D eigenvalue weighted by Crippen LogP contribution is -2.37. The number of nitrogens with zero attached hydrogens (tertiary/aromatic N) is 3. The third-order valence-corrected chi connectivity index (χ3v) is 11.6. The number of amides is 3. The van der Waals surface area contributed by atoms with Gasteiger partial charge in [-0.1, -0.05) is 24.3 Å². The molecule has 0 radical (unpaired) electrons. The first-order valence-corrected chi connectivity index (χ1v) is 20.3. The lowest BCUT2D eigenvalue weighted by molar-refractivity contribution is -0.129. The number of hydrogen-bond donors (Lipinski definition) is 4. The molecule has 4 aliphatic rings. The molecule has 1 atom stereocenters. The number of aryl methyl sites for hydroxylation is 4. The highest BCUT2D eigenvalue weighted by Gasteiger charge is 2.29. The van der Waals surface area contributed by atoms with Gasteiger partial charge < -0.3 is 45.4 Å². The maximum absolute atomic E-state index is 12.4. The van der Waals surface area contributed by atoms with Gasteiger partial charge in [0.05, 0.1) is 30.4 Å². The molecule has 4 heterocycles. The van der Waals surface area contributed by atoms with E-state index in [2.05, 4.69) is 76.2 Å². The lowest BCUT2D eigenvalue weighted by atomic mass is 10.0. The molecule has 12 nitrogen and oxygen atoms in total. The molecule has 4 N–H and O–H groups in total. The summed E-state index contributed by atoms with van der Waals surface area (Å²) in [7, 11) is 3.96. The average molecular weight is 798 g/mol. The van der Waals surface area contributed by atoms with E-state index in [4.69, 9.17) is 9.47 Å². The molecule has 2 saturated heterocycles. The zero-order valence-corrected chi connectivity index (χ0v) is 35.1. The van der Waals surface area contributed by atoms with Crippen LogP contribution in [-0.2, 0) is 23.9 Å². The molecule has 59 heavy (non-hydrogen) atoms. The van der Waals surface area contributed by atoms with Crippen LogP contribution in [0, 0.1) is 27.7 Å². The molecule has 0 saturated carbocycles. The maximum atomic E-state index is 12.4. The predicted octanol–water partition coefficient (Wildman–Crippen LogP) is 7.67. The molecule has 0 spiro atoms. The third-order valence-electron chi connectivity index (χ3n) is 11.6. The highest BCUT2D eigenvalue weighted by Crippen LogP contribution is 2.36. The van der Waals surface area contributed by atoms with Gasteiger partial charge in [-0.05, 0) is 105 Å². The van der Waals surface area contributed by atoms with E-state index in [1.165, 1.54) is 11.4 Å². The minimum atomic E-state index is -0.0887. The van der Waals surface area contributed by atoms with E-state index in [0.717, 1.165) is 88.6 Å². The number of nitrogens with one attached hydrogen (secondary N) is 4. The summed E-state index contributed by atoms with van der Waals surface area (Å²) in [5, 5.41) is 12.4. The van der Waals surface area contributed by atoms with Gasteiger partial charge in [0, 0.05) is 105 Å². The van der Waals surface area contributed by atoms with E-state index in [9.17, 15) is 14.4 Å². The Morgan fingerprint density at radius 2 is 1.34 bits per heavy atom. The van der Waals surface area contributed by atoms with Crippen LogP contribution in [-0.4, -0.2) is 81.9 Å². The summed E-state index contributed by atoms with van der Waals surface area (Å²) in [6.45, 7) is 13.9. The van der Waals surface area contributed by atoms with E-state index in [1.807, 2.05) is 74.3 Å². The van der Waals surface area contributed by atoms with Crippen LogP contribution in [0.5, 0.6) is 0 Å². The topological polar surface area (TPSA) is 128 Å². The average Bonchev–Trinajstić information content (AvgIpc) is 4.03. The number of ether oxygens (including phenoxy) is 2. The minimum absolute atomic E-state index is 0.0776. The van der Waals surface area contributed by atoms with Crippen molar-refractivity contribution in [1.29, 1.82) is 0 Å². The third kappa shape index (κ3) is 9.14. The van der Waals surface area contributed by atoms with Gasteiger partial charge in [0.25, 0.3) is 11.8 Å². The summed E-state index contributed by atoms with van der Waals surface area (Å²) < 4.78 is 11.0. The number of likely N-dealkylation sites (N-methyl/N-ethyl adjacent to an activating group) is 1. The van der Waals surface area contributed by atoms with Gasteiger partial charge in [0.2, 0.25) is 5.91 Å². The van der Waals surface area contributed by atoms with E-state index >= 15 is 0 Å². The van der Waals surface area contributed by atoms with Gasteiger partial charge in [-0.25, -0.2) is 0 Å². The van der Waals surface area contributed by atoms with Crippen LogP contribution in [0.2, 0.25) is 0 Å². The normalized spacial score (nSPS) is 18.3. The van der Waals surface area contributed by atoms with Gasteiger partial charge in [-0.15, -0.1) is 0 Å². The van der Waals surface area contributed by atoms with E-state index in [1.54, 1.807) is 19.3 Å². The first kappa shape index (κ1) is 41.1. The van der Waals surface area contributed by atoms with Crippen LogP contribution in [0.1, 0.15) is 53.1 Å². The number of fused-ring (bicyclic) bond motifs is 2. The first-order valence-electron chi connectivity index (χ1n) is 20.3. The van der Waals surface area contributed by atoms with E-state index in [0.29, 0.717) is 24.4 Å². The summed E-state index contributed by atoms with van der Waals surface area (Å²) in [5.74, 6) is -0.0528. The second-order valence-corrected chi connectivity index (χ2v) is 15.7. The van der Waals surface area contributed by atoms with E-state index < -0.39 is 0 Å². The molecule has 12 heteroatoms. The molecule has 0 aliphatic carbocycles. The van der Waals surface area contributed by atoms with Crippen molar-refractivity contribution in [1.82, 2.24) is 4.90 Å². The number of anilines is 6. The number of carbonyl (C=O) groups excluding carboxylic acids is 3. The Balaban J connectivity index is 0.000000179. The minimum Gasteiger partial charge on any atom is -0.374 e. The van der Waals surface area contributed by atoms with Gasteiger partial charge in [-0.2, -0.15) is 0 Å². The molecule has 0 aromatic heterocycles. The molecule has 4 aromatic rings. The molecule has 2 fully saturated rings. The number of benzene rings is 4. The molecule has 4 aromatic carbocycles. The fourth-order valence-corrected chi connectivity index (χ4v) is 8.25. The highest BCUT2D eigenvalue weighted by molar-refractivity contribution is 6.32. The molecular formula is C47H55N7O5. The van der Waals surface area contributed by atoms with Gasteiger partial charge in [-0.3, -0.25) is 14.4 Å². The van der Waals surface area contributed by atoms with Gasteiger partial charge >= 0.3 is 0 Å². The number of carbonyl (C=O) groups is 3. The Kier molecular flexibility index (Phi) is 12.4. The second kappa shape index (κ2) is 17.8. The molecule has 1 unspecified atom stereocenters. The van der Waals surface area contributed by atoms with Crippen LogP contribution in [0.15, 0.2) is 85.2 Å². The Morgan fingerprint density at radius 3 is 1.88 bits per heavy atom. The van der Waals surface area contributed by atoms with Crippen LogP contribution in [0.4, 0.5) is 34.1 Å². The Bertz CT molecular complexity index is 2310. The highest BCUT2D eigenvalue weighted by atomic mass is 16.7. The second-order valence-electron chi connectivity index (χ2n) is 15.7. The van der Waals surface area contributed by atoms with Crippen molar-refractivity contribution in [3.05, 3.63) is 119 Å². The molecule has 8 rings (SSSR count). The summed E-state index contributed by atoms with van der Waals surface area (Å²) in [4.78, 5) is 42.8. The maximum Gasteiger partial charge on any atom is 0.257 e. The Hall–Kier alpha value is -6.11. The quantitative estimate of drug-likeness (QED) is 0.120. The van der Waals surface area contributed by atoms with Crippen molar-refractivity contribution in [2.45, 2.75) is 59.8 Å². The SMILES string of the molecule is CC(=O)N(C)C1CCN(c2ccc(N/C=C3\C(=O)Nc4cccc(C)c43)cc2C)C1.Cc1cc(N/C=C2/C(=O)Nc3cccc(C)c32)ccc1N(C)CCC1OCCO1. The smallest absolute Gasteiger partial charge is 0.257 e.